The number of aromatic nitrogens is 4. The zero-order valence-corrected chi connectivity index (χ0v) is 16.0. The molecule has 2 N–H and O–H groups in total. The van der Waals surface area contributed by atoms with Crippen LogP contribution in [0.5, 0.6) is 0 Å². The van der Waals surface area contributed by atoms with E-state index in [9.17, 15) is 22.4 Å². The van der Waals surface area contributed by atoms with Gasteiger partial charge in [0.2, 0.25) is 5.91 Å². The highest BCUT2D eigenvalue weighted by Gasteiger charge is 2.39. The lowest BCUT2D eigenvalue weighted by Crippen LogP contribution is -2.45. The highest BCUT2D eigenvalue weighted by molar-refractivity contribution is 6.31. The van der Waals surface area contributed by atoms with Crippen LogP contribution in [0.15, 0.2) is 24.7 Å². The smallest absolute Gasteiger partial charge is 0.255 e. The minimum Gasteiger partial charge on any atom is -0.349 e. The number of amides is 1. The van der Waals surface area contributed by atoms with Crippen LogP contribution in [0.4, 0.5) is 23.4 Å². The highest BCUT2D eigenvalue weighted by Crippen LogP contribution is 2.32. The van der Waals surface area contributed by atoms with Crippen LogP contribution in [0.1, 0.15) is 6.42 Å². The van der Waals surface area contributed by atoms with E-state index in [4.69, 9.17) is 11.6 Å². The number of aromatic amines is 1. The van der Waals surface area contributed by atoms with E-state index in [0.29, 0.717) is 21.6 Å². The van der Waals surface area contributed by atoms with Crippen LogP contribution >= 0.6 is 11.6 Å². The van der Waals surface area contributed by atoms with E-state index in [1.54, 1.807) is 12.3 Å². The number of nitrogens with one attached hydrogen (secondary N) is 2. The Bertz CT molecular complexity index is 1090. The number of nitrogens with zero attached hydrogens (tertiary/aromatic N) is 4. The Kier molecular flexibility index (Phi) is 5.46. The van der Waals surface area contributed by atoms with Gasteiger partial charge in [0.1, 0.15) is 17.9 Å². The highest BCUT2D eigenvalue weighted by atomic mass is 35.5. The fourth-order valence-corrected chi connectivity index (χ4v) is 3.57. The van der Waals surface area contributed by atoms with Gasteiger partial charge in [0.05, 0.1) is 24.3 Å². The zero-order chi connectivity index (χ0) is 21.4. The van der Waals surface area contributed by atoms with Crippen LogP contribution in [0.2, 0.25) is 5.02 Å². The fraction of sp³-hybridized carbons (Fsp3) is 0.333. The first kappa shape index (κ1) is 20.3. The van der Waals surface area contributed by atoms with Gasteiger partial charge in [-0.25, -0.2) is 32.5 Å². The van der Waals surface area contributed by atoms with Gasteiger partial charge < -0.3 is 15.2 Å². The molecule has 0 saturated carbocycles. The van der Waals surface area contributed by atoms with Crippen molar-refractivity contribution in [3.8, 4) is 11.4 Å². The summed E-state index contributed by atoms with van der Waals surface area (Å²) in [5, 5.41) is 3.02. The molecule has 1 fully saturated rings. The maximum Gasteiger partial charge on any atom is 0.255 e. The summed E-state index contributed by atoms with van der Waals surface area (Å²) in [6.07, 6.45) is -0.528. The van der Waals surface area contributed by atoms with Crippen LogP contribution in [0.25, 0.3) is 22.4 Å². The van der Waals surface area contributed by atoms with Crippen LogP contribution in [0, 0.1) is 5.82 Å². The van der Waals surface area contributed by atoms with E-state index < -0.39 is 36.9 Å². The van der Waals surface area contributed by atoms with E-state index in [0.717, 1.165) is 11.1 Å². The van der Waals surface area contributed by atoms with Crippen molar-refractivity contribution in [1.29, 1.82) is 0 Å². The van der Waals surface area contributed by atoms with E-state index in [1.165, 1.54) is 6.20 Å². The molecule has 1 aliphatic rings. The van der Waals surface area contributed by atoms with Gasteiger partial charge in [0.25, 0.3) is 6.43 Å². The van der Waals surface area contributed by atoms with Gasteiger partial charge >= 0.3 is 0 Å². The van der Waals surface area contributed by atoms with Crippen molar-refractivity contribution in [2.24, 2.45) is 0 Å². The number of H-pyrrole nitrogens is 1. The van der Waals surface area contributed by atoms with Gasteiger partial charge in [-0.05, 0) is 6.07 Å². The van der Waals surface area contributed by atoms with Gasteiger partial charge in [-0.2, -0.15) is 0 Å². The second kappa shape index (κ2) is 8.05. The third-order valence-corrected chi connectivity index (χ3v) is 4.93. The summed E-state index contributed by atoms with van der Waals surface area (Å²) in [4.78, 5) is 28.6. The summed E-state index contributed by atoms with van der Waals surface area (Å²) < 4.78 is 53.4. The van der Waals surface area contributed by atoms with Crippen LogP contribution in [0.3, 0.4) is 0 Å². The molecule has 0 bridgehead atoms. The maximum absolute atomic E-state index is 14.5. The minimum atomic E-state index is -2.75. The number of hydrogen-bond donors (Lipinski definition) is 2. The average Bonchev–Trinajstić information content (AvgIpc) is 3.29. The standard InChI is InChI=1S/C18H15ClF4N6O/c19-8-1-10-11(4-25-15(10)24-3-8)16-26-5-12(21)17(28-16)29-7-9(20)2-13(29)18(30)27-6-14(22)23/h1,3-5,9,13-14H,2,6-7H2,(H,24,25)(H,27,30)/t9-,13-/m1/s1. The number of carbonyl (C=O) groups excluding carboxylic acids is 1. The summed E-state index contributed by atoms with van der Waals surface area (Å²) >= 11 is 5.99. The van der Waals surface area contributed by atoms with Crippen molar-refractivity contribution in [3.05, 3.63) is 35.5 Å². The summed E-state index contributed by atoms with van der Waals surface area (Å²) in [5.74, 6) is -1.87. The number of carbonyl (C=O) groups is 1. The molecule has 3 aromatic heterocycles. The molecule has 1 aliphatic heterocycles. The van der Waals surface area contributed by atoms with E-state index in [2.05, 4.69) is 19.9 Å². The summed E-state index contributed by atoms with van der Waals surface area (Å²) in [7, 11) is 0. The third-order valence-electron chi connectivity index (χ3n) is 4.72. The van der Waals surface area contributed by atoms with Gasteiger partial charge in [-0.15, -0.1) is 0 Å². The van der Waals surface area contributed by atoms with Crippen LogP contribution in [-0.2, 0) is 4.79 Å². The number of hydrogen-bond acceptors (Lipinski definition) is 5. The molecule has 0 radical (unpaired) electrons. The van der Waals surface area contributed by atoms with Crippen molar-refractivity contribution in [2.75, 3.05) is 18.0 Å². The number of alkyl halides is 3. The lowest BCUT2D eigenvalue weighted by molar-refractivity contribution is -0.122. The first-order valence-electron chi connectivity index (χ1n) is 8.95. The molecule has 3 aromatic rings. The second-order valence-electron chi connectivity index (χ2n) is 6.75. The molecule has 0 unspecified atom stereocenters. The third kappa shape index (κ3) is 3.89. The molecule has 2 atom stereocenters. The number of halogens is 5. The summed E-state index contributed by atoms with van der Waals surface area (Å²) in [5.41, 5.74) is 0.995. The van der Waals surface area contributed by atoms with Crippen molar-refractivity contribution >= 4 is 34.4 Å². The molecule has 4 heterocycles. The number of pyridine rings is 1. The zero-order valence-electron chi connectivity index (χ0n) is 15.2. The molecule has 4 rings (SSSR count). The molecule has 1 saturated heterocycles. The normalized spacial score (nSPS) is 19.1. The van der Waals surface area contributed by atoms with Gasteiger partial charge in [-0.1, -0.05) is 11.6 Å². The van der Waals surface area contributed by atoms with Crippen LogP contribution in [-0.4, -0.2) is 57.6 Å². The Morgan fingerprint density at radius 1 is 1.37 bits per heavy atom. The largest absolute Gasteiger partial charge is 0.349 e. The first-order chi connectivity index (χ1) is 14.3. The Labute approximate surface area is 172 Å². The molecule has 0 aliphatic carbocycles. The number of rotatable bonds is 5. The quantitative estimate of drug-likeness (QED) is 0.593. The molecule has 0 aromatic carbocycles. The monoisotopic (exact) mass is 442 g/mol. The molecule has 7 nitrogen and oxygen atoms in total. The minimum absolute atomic E-state index is 0.107. The van der Waals surface area contributed by atoms with E-state index in [1.807, 2.05) is 5.32 Å². The lowest BCUT2D eigenvalue weighted by atomic mass is 10.2. The topological polar surface area (TPSA) is 86.8 Å². The molecule has 12 heteroatoms. The summed E-state index contributed by atoms with van der Waals surface area (Å²) in [6.45, 7) is -1.18. The second-order valence-corrected chi connectivity index (χ2v) is 7.19. The Balaban J connectivity index is 1.70. The van der Waals surface area contributed by atoms with Gasteiger partial charge in [-0.3, -0.25) is 4.79 Å². The molecular formula is C18H15ClF4N6O. The first-order valence-corrected chi connectivity index (χ1v) is 9.33. The predicted octanol–water partition coefficient (Wildman–Crippen LogP) is 3.11. The van der Waals surface area contributed by atoms with Gasteiger partial charge in [0.15, 0.2) is 17.5 Å². The lowest BCUT2D eigenvalue weighted by Gasteiger charge is -2.25. The van der Waals surface area contributed by atoms with E-state index >= 15 is 0 Å². The van der Waals surface area contributed by atoms with Crippen molar-refractivity contribution in [1.82, 2.24) is 25.3 Å². The Morgan fingerprint density at radius 3 is 2.93 bits per heavy atom. The SMILES string of the molecule is O=C(NCC(F)F)[C@H]1C[C@@H](F)CN1c1nc(-c2c[nH]c3ncc(Cl)cc23)ncc1F. The van der Waals surface area contributed by atoms with Crippen molar-refractivity contribution in [3.63, 3.8) is 0 Å². The van der Waals surface area contributed by atoms with E-state index in [-0.39, 0.29) is 24.6 Å². The van der Waals surface area contributed by atoms with Crippen LogP contribution < -0.4 is 10.2 Å². The average molecular weight is 443 g/mol. The van der Waals surface area contributed by atoms with Crippen molar-refractivity contribution < 1.29 is 22.4 Å². The number of anilines is 1. The fourth-order valence-electron chi connectivity index (χ4n) is 3.42. The molecule has 30 heavy (non-hydrogen) atoms. The Morgan fingerprint density at radius 2 is 2.17 bits per heavy atom. The van der Waals surface area contributed by atoms with Crippen molar-refractivity contribution in [2.45, 2.75) is 25.1 Å². The molecule has 0 spiro atoms. The number of fused-ring (bicyclic) bond motifs is 1. The summed E-state index contributed by atoms with van der Waals surface area (Å²) in [6, 6.07) is 0.464. The predicted molar refractivity (Wildman–Crippen MR) is 102 cm³/mol. The Hall–Kier alpha value is -2.95. The molecular weight excluding hydrogens is 428 g/mol. The molecule has 158 valence electrons. The van der Waals surface area contributed by atoms with Gasteiger partial charge in [0, 0.05) is 29.8 Å². The maximum atomic E-state index is 14.5. The molecule has 1 amide bonds.